The molecule has 0 amide bonds. The summed E-state index contributed by atoms with van der Waals surface area (Å²) >= 11 is 0. The van der Waals surface area contributed by atoms with Crippen molar-refractivity contribution in [3.63, 3.8) is 0 Å². The molecule has 0 spiro atoms. The Hall–Kier alpha value is -4.20. The number of hydrogen-bond acceptors (Lipinski definition) is 7. The number of rotatable bonds is 6. The number of hydrogen-bond donors (Lipinski definition) is 0. The van der Waals surface area contributed by atoms with Crippen molar-refractivity contribution >= 4 is 11.9 Å². The molecule has 4 aromatic rings. The highest BCUT2D eigenvalue weighted by atomic mass is 16.5. The van der Waals surface area contributed by atoms with Crippen LogP contribution < -0.4 is 0 Å². The van der Waals surface area contributed by atoms with Gasteiger partial charge in [0.25, 0.3) is 5.82 Å². The molecule has 2 aromatic carbocycles. The van der Waals surface area contributed by atoms with E-state index in [0.29, 0.717) is 5.82 Å². The molecule has 4 rings (SSSR count). The van der Waals surface area contributed by atoms with Gasteiger partial charge in [-0.05, 0) is 18.2 Å². The molecule has 8 nitrogen and oxygen atoms in total. The van der Waals surface area contributed by atoms with Gasteiger partial charge in [0.05, 0.1) is 19.1 Å². The summed E-state index contributed by atoms with van der Waals surface area (Å²) < 4.78 is 16.7. The van der Waals surface area contributed by atoms with Crippen molar-refractivity contribution in [3.05, 3.63) is 90.1 Å². The summed E-state index contributed by atoms with van der Waals surface area (Å²) in [4.78, 5) is 28.7. The summed E-state index contributed by atoms with van der Waals surface area (Å²) in [5, 5.41) is 4.34. The number of ether oxygens (including phenoxy) is 2. The van der Waals surface area contributed by atoms with E-state index in [9.17, 15) is 9.59 Å². The van der Waals surface area contributed by atoms with Gasteiger partial charge in [-0.15, -0.1) is 5.10 Å². The number of methoxy groups -OCH3 is 1. The van der Waals surface area contributed by atoms with Crippen LogP contribution in [0.1, 0.15) is 26.7 Å². The molecule has 0 saturated carbocycles. The monoisotopic (exact) mass is 403 g/mol. The van der Waals surface area contributed by atoms with Gasteiger partial charge in [-0.2, -0.15) is 0 Å². The predicted molar refractivity (Wildman–Crippen MR) is 106 cm³/mol. The van der Waals surface area contributed by atoms with Crippen LogP contribution in [0.5, 0.6) is 0 Å². The summed E-state index contributed by atoms with van der Waals surface area (Å²) in [6.45, 7) is -0.253. The molecule has 0 fully saturated rings. The average Bonchev–Trinajstić information content (AvgIpc) is 3.46. The molecule has 0 bridgehead atoms. The van der Waals surface area contributed by atoms with Crippen LogP contribution in [0.15, 0.2) is 77.4 Å². The van der Waals surface area contributed by atoms with E-state index in [-0.39, 0.29) is 23.8 Å². The molecular formula is C22H17N3O5. The zero-order valence-electron chi connectivity index (χ0n) is 16.0. The van der Waals surface area contributed by atoms with Crippen LogP contribution in [0.25, 0.3) is 17.1 Å². The Labute approximate surface area is 171 Å². The molecule has 30 heavy (non-hydrogen) atoms. The maximum absolute atomic E-state index is 12.6. The van der Waals surface area contributed by atoms with Crippen LogP contribution in [0, 0.1) is 0 Å². The standard InChI is InChI=1S/C22H17N3O5/c1-28-21(26)17-12-13-29-18(17)14-30-22(27)19-23-20(15-8-4-2-5-9-15)25(24-19)16-10-6-3-7-11-16/h2-13H,14H2,1H3. The minimum atomic E-state index is -0.742. The summed E-state index contributed by atoms with van der Waals surface area (Å²) in [5.74, 6) is -0.742. The molecule has 8 heteroatoms. The van der Waals surface area contributed by atoms with E-state index in [1.54, 1.807) is 4.68 Å². The fourth-order valence-electron chi connectivity index (χ4n) is 2.86. The molecule has 0 atom stereocenters. The molecule has 0 saturated heterocycles. The lowest BCUT2D eigenvalue weighted by molar-refractivity contribution is 0.0419. The van der Waals surface area contributed by atoms with E-state index in [2.05, 4.69) is 14.8 Å². The second-order valence-electron chi connectivity index (χ2n) is 6.20. The topological polar surface area (TPSA) is 96.5 Å². The lowest BCUT2D eigenvalue weighted by Gasteiger charge is -2.05. The third kappa shape index (κ3) is 3.83. The fraction of sp³-hybridized carbons (Fsp3) is 0.0909. The summed E-state index contributed by atoms with van der Waals surface area (Å²) in [5.41, 5.74) is 1.74. The first-order valence-corrected chi connectivity index (χ1v) is 9.07. The van der Waals surface area contributed by atoms with Crippen molar-refractivity contribution < 1.29 is 23.5 Å². The van der Waals surface area contributed by atoms with Crippen LogP contribution in [0.2, 0.25) is 0 Å². The minimum absolute atomic E-state index is 0.108. The highest BCUT2D eigenvalue weighted by Gasteiger charge is 2.22. The first-order chi connectivity index (χ1) is 14.7. The second-order valence-corrected chi connectivity index (χ2v) is 6.20. The number of para-hydroxylation sites is 1. The van der Waals surface area contributed by atoms with Gasteiger partial charge in [0.15, 0.2) is 18.2 Å². The van der Waals surface area contributed by atoms with E-state index in [4.69, 9.17) is 9.15 Å². The van der Waals surface area contributed by atoms with E-state index in [0.717, 1.165) is 11.3 Å². The normalized spacial score (nSPS) is 10.6. The maximum Gasteiger partial charge on any atom is 0.378 e. The fourth-order valence-corrected chi connectivity index (χ4v) is 2.86. The molecule has 2 heterocycles. The minimum Gasteiger partial charge on any atom is -0.465 e. The van der Waals surface area contributed by atoms with Gasteiger partial charge in [-0.25, -0.2) is 19.3 Å². The number of carbonyl (C=O) groups is 2. The molecule has 0 aliphatic heterocycles. The van der Waals surface area contributed by atoms with E-state index in [1.165, 1.54) is 19.4 Å². The summed E-state index contributed by atoms with van der Waals surface area (Å²) in [6.07, 6.45) is 1.32. The number of aromatic nitrogens is 3. The lowest BCUT2D eigenvalue weighted by atomic mass is 10.2. The van der Waals surface area contributed by atoms with Gasteiger partial charge in [0.1, 0.15) is 5.56 Å². The largest absolute Gasteiger partial charge is 0.465 e. The number of benzene rings is 2. The highest BCUT2D eigenvalue weighted by Crippen LogP contribution is 2.21. The van der Waals surface area contributed by atoms with E-state index < -0.39 is 11.9 Å². The Morgan fingerprint density at radius 2 is 1.67 bits per heavy atom. The maximum atomic E-state index is 12.6. The van der Waals surface area contributed by atoms with Crippen LogP contribution in [-0.2, 0) is 16.1 Å². The molecular weight excluding hydrogens is 386 g/mol. The lowest BCUT2D eigenvalue weighted by Crippen LogP contribution is -2.10. The van der Waals surface area contributed by atoms with Gasteiger partial charge < -0.3 is 13.9 Å². The molecule has 0 aliphatic rings. The van der Waals surface area contributed by atoms with Crippen molar-refractivity contribution in [1.29, 1.82) is 0 Å². The van der Waals surface area contributed by atoms with Crippen LogP contribution in [-0.4, -0.2) is 33.8 Å². The molecule has 0 radical (unpaired) electrons. The van der Waals surface area contributed by atoms with Crippen molar-refractivity contribution in [1.82, 2.24) is 14.8 Å². The smallest absolute Gasteiger partial charge is 0.378 e. The Kier molecular flexibility index (Phi) is 5.38. The number of esters is 2. The van der Waals surface area contributed by atoms with Gasteiger partial charge in [0.2, 0.25) is 0 Å². The zero-order valence-corrected chi connectivity index (χ0v) is 16.0. The van der Waals surface area contributed by atoms with Crippen LogP contribution >= 0.6 is 0 Å². The predicted octanol–water partition coefficient (Wildman–Crippen LogP) is 3.67. The van der Waals surface area contributed by atoms with Crippen LogP contribution in [0.3, 0.4) is 0 Å². The Morgan fingerprint density at radius 1 is 0.967 bits per heavy atom. The van der Waals surface area contributed by atoms with Gasteiger partial charge in [0, 0.05) is 5.56 Å². The number of nitrogens with zero attached hydrogens (tertiary/aromatic N) is 3. The summed E-state index contributed by atoms with van der Waals surface area (Å²) in [7, 11) is 1.26. The Balaban J connectivity index is 1.62. The highest BCUT2D eigenvalue weighted by molar-refractivity contribution is 5.90. The molecule has 0 unspecified atom stereocenters. The van der Waals surface area contributed by atoms with Gasteiger partial charge in [-0.3, -0.25) is 0 Å². The third-order valence-corrected chi connectivity index (χ3v) is 4.31. The Morgan fingerprint density at radius 3 is 2.37 bits per heavy atom. The van der Waals surface area contributed by atoms with E-state index in [1.807, 2.05) is 60.7 Å². The van der Waals surface area contributed by atoms with Gasteiger partial charge in [-0.1, -0.05) is 48.5 Å². The quantitative estimate of drug-likeness (QED) is 0.453. The molecule has 0 N–H and O–H groups in total. The molecule has 2 aromatic heterocycles. The van der Waals surface area contributed by atoms with Crippen molar-refractivity contribution in [2.45, 2.75) is 6.61 Å². The second kappa shape index (κ2) is 8.44. The van der Waals surface area contributed by atoms with Gasteiger partial charge >= 0.3 is 11.9 Å². The zero-order chi connectivity index (χ0) is 20.9. The van der Waals surface area contributed by atoms with Crippen molar-refractivity contribution in [2.75, 3.05) is 7.11 Å². The first-order valence-electron chi connectivity index (χ1n) is 9.07. The van der Waals surface area contributed by atoms with Crippen LogP contribution in [0.4, 0.5) is 0 Å². The molecule has 150 valence electrons. The Bertz CT molecular complexity index is 1110. The number of furan rings is 1. The first kappa shape index (κ1) is 19.1. The SMILES string of the molecule is COC(=O)c1ccoc1COC(=O)c1nc(-c2ccccc2)n(-c2ccccc2)n1. The number of carbonyl (C=O) groups excluding carboxylic acids is 2. The average molecular weight is 403 g/mol. The molecule has 0 aliphatic carbocycles. The van der Waals surface area contributed by atoms with Crippen molar-refractivity contribution in [2.24, 2.45) is 0 Å². The van der Waals surface area contributed by atoms with Crippen molar-refractivity contribution in [3.8, 4) is 17.1 Å². The van der Waals surface area contributed by atoms with E-state index >= 15 is 0 Å². The summed E-state index contributed by atoms with van der Waals surface area (Å²) in [6, 6.07) is 20.2. The third-order valence-electron chi connectivity index (χ3n) is 4.31.